The summed E-state index contributed by atoms with van der Waals surface area (Å²) in [5.41, 5.74) is 7.68. The molecule has 3 heterocycles. The zero-order valence-electron chi connectivity index (χ0n) is 14.7. The maximum atomic E-state index is 12.8. The van der Waals surface area contributed by atoms with Crippen LogP contribution in [0.3, 0.4) is 0 Å². The number of nitrogens with zero attached hydrogens (tertiary/aromatic N) is 4. The number of amides is 1. The highest BCUT2D eigenvalue weighted by Crippen LogP contribution is 2.34. The average molecular weight is 430 g/mol. The monoisotopic (exact) mass is 429 g/mol. The lowest BCUT2D eigenvalue weighted by atomic mass is 10.0. The topological polar surface area (TPSA) is 85.8 Å². The van der Waals surface area contributed by atoms with Crippen LogP contribution in [-0.4, -0.2) is 31.9 Å². The van der Waals surface area contributed by atoms with E-state index in [9.17, 15) is 4.79 Å². The van der Waals surface area contributed by atoms with Gasteiger partial charge in [0.25, 0.3) is 0 Å². The van der Waals surface area contributed by atoms with Crippen LogP contribution >= 0.6 is 15.9 Å². The van der Waals surface area contributed by atoms with Gasteiger partial charge in [-0.3, -0.25) is 9.30 Å². The second kappa shape index (κ2) is 7.56. The van der Waals surface area contributed by atoms with Crippen LogP contribution in [-0.2, 0) is 11.3 Å². The van der Waals surface area contributed by atoms with Gasteiger partial charge in [-0.1, -0.05) is 30.3 Å². The van der Waals surface area contributed by atoms with Crippen LogP contribution in [0.1, 0.15) is 36.7 Å². The predicted molar refractivity (Wildman–Crippen MR) is 105 cm³/mol. The van der Waals surface area contributed by atoms with Crippen molar-refractivity contribution in [1.82, 2.24) is 19.3 Å². The second-order valence-electron chi connectivity index (χ2n) is 6.54. The fourth-order valence-corrected chi connectivity index (χ4v) is 4.07. The first-order valence-corrected chi connectivity index (χ1v) is 9.69. The van der Waals surface area contributed by atoms with Gasteiger partial charge in [-0.2, -0.15) is 0 Å². The first kappa shape index (κ1) is 17.8. The van der Waals surface area contributed by atoms with Crippen LogP contribution in [0.25, 0.3) is 5.52 Å². The smallest absolute Gasteiger partial charge is 0.410 e. The number of ether oxygens (including phenoxy) is 1. The summed E-state index contributed by atoms with van der Waals surface area (Å²) in [6.07, 6.45) is 5.94. The van der Waals surface area contributed by atoms with Gasteiger partial charge in [0.1, 0.15) is 22.6 Å². The fraction of sp³-hybridized carbons (Fsp3) is 0.316. The Morgan fingerprint density at radius 3 is 2.93 bits per heavy atom. The number of imidazole rings is 1. The quantitative estimate of drug-likeness (QED) is 0.681. The van der Waals surface area contributed by atoms with Gasteiger partial charge in [-0.05, 0) is 40.8 Å². The number of fused-ring (bicyclic) bond motifs is 1. The van der Waals surface area contributed by atoms with Gasteiger partial charge in [0.15, 0.2) is 5.82 Å². The molecule has 1 amide bonds. The molecule has 7 nitrogen and oxygen atoms in total. The Labute approximate surface area is 165 Å². The molecule has 1 aliphatic rings. The number of rotatable bonds is 3. The Bertz CT molecular complexity index is 959. The van der Waals surface area contributed by atoms with Gasteiger partial charge in [0.05, 0.1) is 6.04 Å². The summed E-state index contributed by atoms with van der Waals surface area (Å²) < 4.78 is 8.10. The van der Waals surface area contributed by atoms with Gasteiger partial charge in [0.2, 0.25) is 0 Å². The Balaban J connectivity index is 1.59. The highest BCUT2D eigenvalue weighted by Gasteiger charge is 2.33. The summed E-state index contributed by atoms with van der Waals surface area (Å²) in [6.45, 7) is 0.900. The summed E-state index contributed by atoms with van der Waals surface area (Å²) in [5.74, 6) is 1.17. The van der Waals surface area contributed by atoms with E-state index >= 15 is 0 Å². The zero-order valence-corrected chi connectivity index (χ0v) is 16.3. The number of likely N-dealkylation sites (tertiary alicyclic amines) is 1. The van der Waals surface area contributed by atoms with Gasteiger partial charge in [-0.15, -0.1) is 0 Å². The molecule has 1 aliphatic heterocycles. The fourth-order valence-electron chi connectivity index (χ4n) is 3.50. The van der Waals surface area contributed by atoms with Gasteiger partial charge < -0.3 is 10.5 Å². The maximum absolute atomic E-state index is 12.8. The molecule has 0 aliphatic carbocycles. The first-order chi connectivity index (χ1) is 13.1. The Morgan fingerprint density at radius 1 is 1.30 bits per heavy atom. The molecule has 1 aromatic carbocycles. The SMILES string of the molecule is Nc1nccn2c(C3CCCCN3C(=O)OCc3ccccc3)nc(Br)c12. The highest BCUT2D eigenvalue weighted by atomic mass is 79.9. The van der Waals surface area contributed by atoms with Gasteiger partial charge in [-0.25, -0.2) is 14.8 Å². The molecule has 2 N–H and O–H groups in total. The van der Waals surface area contributed by atoms with E-state index in [0.29, 0.717) is 17.0 Å². The van der Waals surface area contributed by atoms with Crippen molar-refractivity contribution < 1.29 is 9.53 Å². The van der Waals surface area contributed by atoms with Crippen molar-refractivity contribution >= 4 is 33.4 Å². The van der Waals surface area contributed by atoms with Crippen LogP contribution in [0.5, 0.6) is 0 Å². The predicted octanol–water partition coefficient (Wildman–Crippen LogP) is 3.94. The first-order valence-electron chi connectivity index (χ1n) is 8.90. The van der Waals surface area contributed by atoms with E-state index < -0.39 is 0 Å². The van der Waals surface area contributed by atoms with E-state index in [4.69, 9.17) is 10.5 Å². The number of piperidine rings is 1. The van der Waals surface area contributed by atoms with Crippen molar-refractivity contribution in [2.24, 2.45) is 0 Å². The number of carbonyl (C=O) groups is 1. The molecule has 1 atom stereocenters. The van der Waals surface area contributed by atoms with Crippen LogP contribution in [0, 0.1) is 0 Å². The Hall–Kier alpha value is -2.61. The lowest BCUT2D eigenvalue weighted by molar-refractivity contribution is 0.0657. The molecule has 0 spiro atoms. The molecule has 0 bridgehead atoms. The van der Waals surface area contributed by atoms with Crippen molar-refractivity contribution in [2.45, 2.75) is 31.9 Å². The van der Waals surface area contributed by atoms with E-state index in [0.717, 1.165) is 36.2 Å². The van der Waals surface area contributed by atoms with Crippen LogP contribution < -0.4 is 5.73 Å². The molecule has 1 unspecified atom stereocenters. The maximum Gasteiger partial charge on any atom is 0.410 e. The molecule has 2 aromatic heterocycles. The summed E-state index contributed by atoms with van der Waals surface area (Å²) in [6, 6.07) is 9.52. The van der Waals surface area contributed by atoms with Crippen LogP contribution in [0.4, 0.5) is 10.6 Å². The third-order valence-electron chi connectivity index (χ3n) is 4.81. The molecule has 0 saturated carbocycles. The molecule has 1 saturated heterocycles. The number of hydrogen-bond donors (Lipinski definition) is 1. The minimum absolute atomic E-state index is 0.164. The molecule has 8 heteroatoms. The van der Waals surface area contributed by atoms with Gasteiger partial charge in [0, 0.05) is 18.9 Å². The van der Waals surface area contributed by atoms with E-state index in [1.165, 1.54) is 0 Å². The molecular weight excluding hydrogens is 410 g/mol. The molecule has 27 heavy (non-hydrogen) atoms. The number of nitrogens with two attached hydrogens (primary N) is 1. The molecular formula is C19H20BrN5O2. The third-order valence-corrected chi connectivity index (χ3v) is 5.36. The molecule has 0 radical (unpaired) electrons. The van der Waals surface area contributed by atoms with Crippen LogP contribution in [0.15, 0.2) is 47.3 Å². The standard InChI is InChI=1S/C19H20BrN5O2/c20-16-15-17(21)22-9-11-25(15)18(23-16)14-8-4-5-10-24(14)19(26)27-12-13-6-2-1-3-7-13/h1-3,6-7,9,11,14H,4-5,8,10,12H2,(H2,21,22). The molecule has 3 aromatic rings. The normalized spacial score (nSPS) is 17.2. The molecule has 140 valence electrons. The number of aromatic nitrogens is 3. The van der Waals surface area contributed by atoms with Gasteiger partial charge >= 0.3 is 6.09 Å². The molecule has 1 fully saturated rings. The second-order valence-corrected chi connectivity index (χ2v) is 7.29. The minimum Gasteiger partial charge on any atom is -0.445 e. The highest BCUT2D eigenvalue weighted by molar-refractivity contribution is 9.10. The van der Waals surface area contributed by atoms with Crippen molar-refractivity contribution in [2.75, 3.05) is 12.3 Å². The summed E-state index contributed by atoms with van der Waals surface area (Å²) in [4.78, 5) is 23.3. The Kier molecular flexibility index (Phi) is 4.98. The lowest BCUT2D eigenvalue weighted by Crippen LogP contribution is -2.39. The van der Waals surface area contributed by atoms with Crippen molar-refractivity contribution in [3.05, 3.63) is 58.7 Å². The van der Waals surface area contributed by atoms with Crippen LogP contribution in [0.2, 0.25) is 0 Å². The summed E-state index contributed by atoms with van der Waals surface area (Å²) >= 11 is 3.47. The van der Waals surface area contributed by atoms with E-state index in [1.807, 2.05) is 40.9 Å². The lowest BCUT2D eigenvalue weighted by Gasteiger charge is -2.34. The largest absolute Gasteiger partial charge is 0.445 e. The number of carbonyl (C=O) groups excluding carboxylic acids is 1. The zero-order chi connectivity index (χ0) is 18.8. The third kappa shape index (κ3) is 3.49. The number of halogens is 1. The number of anilines is 1. The average Bonchev–Trinajstić information content (AvgIpc) is 3.05. The number of nitrogen functional groups attached to an aromatic ring is 1. The number of hydrogen-bond acceptors (Lipinski definition) is 5. The van der Waals surface area contributed by atoms with E-state index in [1.54, 1.807) is 11.1 Å². The minimum atomic E-state index is -0.321. The number of benzene rings is 1. The van der Waals surface area contributed by atoms with Crippen molar-refractivity contribution in [1.29, 1.82) is 0 Å². The molecule has 4 rings (SSSR count). The summed E-state index contributed by atoms with van der Waals surface area (Å²) in [5, 5.41) is 0. The summed E-state index contributed by atoms with van der Waals surface area (Å²) in [7, 11) is 0. The Morgan fingerprint density at radius 2 is 2.11 bits per heavy atom. The van der Waals surface area contributed by atoms with E-state index in [2.05, 4.69) is 25.9 Å². The van der Waals surface area contributed by atoms with Crippen molar-refractivity contribution in [3.8, 4) is 0 Å². The van der Waals surface area contributed by atoms with Crippen molar-refractivity contribution in [3.63, 3.8) is 0 Å². The van der Waals surface area contributed by atoms with E-state index in [-0.39, 0.29) is 18.7 Å².